The number of hydrogen-bond donors (Lipinski definition) is 1. The second kappa shape index (κ2) is 1.82. The predicted molar refractivity (Wildman–Crippen MR) is 45.2 cm³/mol. The van der Waals surface area contributed by atoms with Crippen LogP contribution < -0.4 is 0 Å². The van der Waals surface area contributed by atoms with Gasteiger partial charge in [0.05, 0.1) is 6.10 Å². The van der Waals surface area contributed by atoms with Gasteiger partial charge in [-0.05, 0) is 36.0 Å². The van der Waals surface area contributed by atoms with Crippen LogP contribution in [-0.4, -0.2) is 11.2 Å². The van der Waals surface area contributed by atoms with E-state index in [1.807, 2.05) is 0 Å². The molecule has 0 amide bonds. The first-order valence-corrected chi connectivity index (χ1v) is 4.66. The summed E-state index contributed by atoms with van der Waals surface area (Å²) in [5.74, 6) is 0.780. The van der Waals surface area contributed by atoms with Gasteiger partial charge in [0.2, 0.25) is 0 Å². The fourth-order valence-corrected chi connectivity index (χ4v) is 3.16. The first-order chi connectivity index (χ1) is 4.98. The third kappa shape index (κ3) is 0.658. The Morgan fingerprint density at radius 2 is 1.91 bits per heavy atom. The lowest BCUT2D eigenvalue weighted by Crippen LogP contribution is -2.35. The van der Waals surface area contributed by atoms with E-state index in [-0.39, 0.29) is 11.5 Å². The molecule has 64 valence electrons. The first-order valence-electron chi connectivity index (χ1n) is 4.66. The van der Waals surface area contributed by atoms with Crippen molar-refractivity contribution in [2.24, 2.45) is 16.7 Å². The van der Waals surface area contributed by atoms with Gasteiger partial charge in [0.25, 0.3) is 0 Å². The maximum absolute atomic E-state index is 9.81. The lowest BCUT2D eigenvalue weighted by molar-refractivity contribution is 0.0126. The van der Waals surface area contributed by atoms with Gasteiger partial charge in [-0.25, -0.2) is 0 Å². The fourth-order valence-electron chi connectivity index (χ4n) is 3.16. The van der Waals surface area contributed by atoms with Crippen LogP contribution in [-0.2, 0) is 0 Å². The zero-order valence-electron chi connectivity index (χ0n) is 7.72. The molecule has 2 bridgehead atoms. The van der Waals surface area contributed by atoms with Crippen LogP contribution in [0, 0.1) is 16.7 Å². The monoisotopic (exact) mass is 154 g/mol. The van der Waals surface area contributed by atoms with Gasteiger partial charge in [-0.1, -0.05) is 20.8 Å². The van der Waals surface area contributed by atoms with E-state index in [4.69, 9.17) is 0 Å². The van der Waals surface area contributed by atoms with Crippen molar-refractivity contribution in [1.29, 1.82) is 0 Å². The maximum atomic E-state index is 9.81. The fraction of sp³-hybridized carbons (Fsp3) is 1.00. The molecule has 0 aromatic rings. The van der Waals surface area contributed by atoms with E-state index in [0.717, 1.165) is 12.3 Å². The Morgan fingerprint density at radius 3 is 2.09 bits per heavy atom. The topological polar surface area (TPSA) is 20.2 Å². The van der Waals surface area contributed by atoms with E-state index in [1.165, 1.54) is 12.8 Å². The average Bonchev–Trinajstić information content (AvgIpc) is 2.20. The van der Waals surface area contributed by atoms with Gasteiger partial charge in [0.15, 0.2) is 0 Å². The molecule has 0 radical (unpaired) electrons. The number of aliphatic hydroxyl groups is 1. The van der Waals surface area contributed by atoms with Crippen molar-refractivity contribution in [3.05, 3.63) is 0 Å². The molecule has 2 fully saturated rings. The Kier molecular flexibility index (Phi) is 1.26. The minimum Gasteiger partial charge on any atom is -0.393 e. The van der Waals surface area contributed by atoms with Crippen molar-refractivity contribution in [3.8, 4) is 0 Å². The van der Waals surface area contributed by atoms with Gasteiger partial charge in [-0.15, -0.1) is 0 Å². The summed E-state index contributed by atoms with van der Waals surface area (Å²) in [6.45, 7) is 6.90. The molecule has 0 aliphatic heterocycles. The summed E-state index contributed by atoms with van der Waals surface area (Å²) < 4.78 is 0. The zero-order chi connectivity index (χ0) is 8.28. The van der Waals surface area contributed by atoms with Gasteiger partial charge in [0.1, 0.15) is 0 Å². The summed E-state index contributed by atoms with van der Waals surface area (Å²) in [5.41, 5.74) is 0.601. The van der Waals surface area contributed by atoms with Crippen molar-refractivity contribution in [2.45, 2.75) is 46.1 Å². The largest absolute Gasteiger partial charge is 0.393 e. The molecule has 0 aromatic carbocycles. The normalized spacial score (nSPS) is 53.5. The van der Waals surface area contributed by atoms with Crippen LogP contribution in [0.15, 0.2) is 0 Å². The molecule has 2 saturated carbocycles. The number of hydrogen-bond acceptors (Lipinski definition) is 1. The summed E-state index contributed by atoms with van der Waals surface area (Å²) in [4.78, 5) is 0. The van der Waals surface area contributed by atoms with E-state index >= 15 is 0 Å². The Bertz CT molecular complexity index is 185. The molecular formula is C10H18O. The van der Waals surface area contributed by atoms with E-state index in [2.05, 4.69) is 20.8 Å². The third-order valence-corrected chi connectivity index (χ3v) is 4.75. The third-order valence-electron chi connectivity index (χ3n) is 4.75. The molecule has 1 N–H and O–H groups in total. The molecule has 3 atom stereocenters. The smallest absolute Gasteiger partial charge is 0.0601 e. The van der Waals surface area contributed by atoms with E-state index in [0.29, 0.717) is 5.41 Å². The molecule has 0 spiro atoms. The van der Waals surface area contributed by atoms with Crippen LogP contribution in [0.5, 0.6) is 0 Å². The van der Waals surface area contributed by atoms with Gasteiger partial charge in [-0.2, -0.15) is 0 Å². The summed E-state index contributed by atoms with van der Waals surface area (Å²) in [5, 5.41) is 9.81. The minimum atomic E-state index is -0.0313. The molecule has 2 rings (SSSR count). The minimum absolute atomic E-state index is 0.0313. The van der Waals surface area contributed by atoms with Crippen molar-refractivity contribution >= 4 is 0 Å². The Labute approximate surface area is 68.8 Å². The molecule has 1 heteroatoms. The lowest BCUT2D eigenvalue weighted by atomic mass is 9.70. The van der Waals surface area contributed by atoms with Crippen molar-refractivity contribution in [2.75, 3.05) is 0 Å². The molecule has 2 aliphatic rings. The predicted octanol–water partition coefficient (Wildman–Crippen LogP) is 2.19. The van der Waals surface area contributed by atoms with E-state index in [1.54, 1.807) is 0 Å². The number of rotatable bonds is 0. The van der Waals surface area contributed by atoms with Crippen LogP contribution in [0.3, 0.4) is 0 Å². The van der Waals surface area contributed by atoms with Gasteiger partial charge in [0, 0.05) is 0 Å². The van der Waals surface area contributed by atoms with Crippen LogP contribution in [0.2, 0.25) is 0 Å². The molecule has 0 saturated heterocycles. The Morgan fingerprint density at radius 1 is 1.27 bits per heavy atom. The Balaban J connectivity index is 2.40. The molecule has 2 unspecified atom stereocenters. The van der Waals surface area contributed by atoms with Crippen molar-refractivity contribution in [3.63, 3.8) is 0 Å². The van der Waals surface area contributed by atoms with Crippen LogP contribution in [0.4, 0.5) is 0 Å². The van der Waals surface area contributed by atoms with Gasteiger partial charge >= 0.3 is 0 Å². The molecule has 11 heavy (non-hydrogen) atoms. The first kappa shape index (κ1) is 7.60. The second-order valence-corrected chi connectivity index (χ2v) is 5.13. The van der Waals surface area contributed by atoms with E-state index in [9.17, 15) is 5.11 Å². The summed E-state index contributed by atoms with van der Waals surface area (Å²) in [6.07, 6.45) is 3.58. The molecular weight excluding hydrogens is 136 g/mol. The highest BCUT2D eigenvalue weighted by Gasteiger charge is 2.60. The summed E-state index contributed by atoms with van der Waals surface area (Å²) in [6, 6.07) is 0. The van der Waals surface area contributed by atoms with Crippen molar-refractivity contribution in [1.82, 2.24) is 0 Å². The highest BCUT2D eigenvalue weighted by molar-refractivity contribution is 5.10. The summed E-state index contributed by atoms with van der Waals surface area (Å²) in [7, 11) is 0. The van der Waals surface area contributed by atoms with E-state index < -0.39 is 0 Å². The standard InChI is InChI=1S/C10H18O/c1-9(2)7-4-5-10(9,3)8(11)6-7/h7-8,11H,4-6H2,1-3H3/t7?,8?,10-/m0/s1. The van der Waals surface area contributed by atoms with Crippen LogP contribution in [0.25, 0.3) is 0 Å². The molecule has 2 aliphatic carbocycles. The molecule has 0 heterocycles. The molecule has 1 nitrogen and oxygen atoms in total. The lowest BCUT2D eigenvalue weighted by Gasteiger charge is -2.36. The van der Waals surface area contributed by atoms with Gasteiger partial charge in [-0.3, -0.25) is 0 Å². The Hall–Kier alpha value is -0.0400. The van der Waals surface area contributed by atoms with Crippen molar-refractivity contribution < 1.29 is 5.11 Å². The quantitative estimate of drug-likeness (QED) is 0.567. The second-order valence-electron chi connectivity index (χ2n) is 5.13. The van der Waals surface area contributed by atoms with Gasteiger partial charge < -0.3 is 5.11 Å². The average molecular weight is 154 g/mol. The molecule has 0 aromatic heterocycles. The number of fused-ring (bicyclic) bond motifs is 2. The zero-order valence-corrected chi connectivity index (χ0v) is 7.72. The number of aliphatic hydroxyl groups excluding tert-OH is 1. The van der Waals surface area contributed by atoms with Crippen LogP contribution in [0.1, 0.15) is 40.0 Å². The SMILES string of the molecule is CC1(C)C2CC[C@@]1(C)C(O)C2. The summed E-state index contributed by atoms with van der Waals surface area (Å²) >= 11 is 0. The van der Waals surface area contributed by atoms with Crippen LogP contribution >= 0.6 is 0 Å². The highest BCUT2D eigenvalue weighted by Crippen LogP contribution is 2.65. The maximum Gasteiger partial charge on any atom is 0.0601 e. The highest BCUT2D eigenvalue weighted by atomic mass is 16.3.